The molecule has 3 N–H and O–H groups in total. The fraction of sp³-hybridized carbons (Fsp3) is 0.111. The van der Waals surface area contributed by atoms with E-state index in [9.17, 15) is 9.90 Å². The number of para-hydroxylation sites is 1. The van der Waals surface area contributed by atoms with Crippen LogP contribution < -0.4 is 5.73 Å². The number of phenols is 1. The number of nitrogens with two attached hydrogens (primary N) is 1. The highest BCUT2D eigenvalue weighted by molar-refractivity contribution is 5.94. The third-order valence-electron chi connectivity index (χ3n) is 1.46. The molecule has 0 unspecified atom stereocenters. The fourth-order valence-electron chi connectivity index (χ4n) is 0.791. The molecule has 0 bridgehead atoms. The van der Waals surface area contributed by atoms with Crippen molar-refractivity contribution in [3.8, 4) is 5.75 Å². The van der Waals surface area contributed by atoms with E-state index in [1.54, 1.807) is 18.2 Å². The maximum Gasteiger partial charge on any atom is 0.259 e. The summed E-state index contributed by atoms with van der Waals surface area (Å²) >= 11 is 0. The lowest BCUT2D eigenvalue weighted by Crippen LogP contribution is -2.10. The molecular formula is C9H10N2O2. The predicted molar refractivity (Wildman–Crippen MR) is 49.8 cm³/mol. The highest BCUT2D eigenvalue weighted by atomic mass is 16.3. The van der Waals surface area contributed by atoms with Gasteiger partial charge >= 0.3 is 0 Å². The van der Waals surface area contributed by atoms with Crippen molar-refractivity contribution >= 4 is 12.1 Å². The van der Waals surface area contributed by atoms with E-state index in [1.807, 2.05) is 0 Å². The summed E-state index contributed by atoms with van der Waals surface area (Å²) in [5, 5.41) is 9.26. The number of benzene rings is 1. The summed E-state index contributed by atoms with van der Waals surface area (Å²) < 4.78 is 0. The molecule has 1 aromatic carbocycles. The van der Waals surface area contributed by atoms with Crippen LogP contribution in [0.25, 0.3) is 0 Å². The van der Waals surface area contributed by atoms with Crippen molar-refractivity contribution in [3.63, 3.8) is 0 Å². The van der Waals surface area contributed by atoms with Crippen LogP contribution in [-0.2, 0) is 4.79 Å². The molecule has 0 aliphatic carbocycles. The zero-order valence-electron chi connectivity index (χ0n) is 6.97. The van der Waals surface area contributed by atoms with Gasteiger partial charge in [0.25, 0.3) is 5.91 Å². The second-order valence-electron chi connectivity index (χ2n) is 2.41. The van der Waals surface area contributed by atoms with Crippen molar-refractivity contribution in [1.29, 1.82) is 0 Å². The highest BCUT2D eigenvalue weighted by Gasteiger charge is 1.96. The summed E-state index contributed by atoms with van der Waals surface area (Å²) in [6.45, 7) is -0.121. The number of amides is 1. The Kier molecular flexibility index (Phi) is 3.16. The van der Waals surface area contributed by atoms with Crippen LogP contribution in [0, 0.1) is 0 Å². The number of aliphatic imine (C=N–C) groups is 1. The number of rotatable bonds is 2. The molecule has 0 aliphatic heterocycles. The predicted octanol–water partition coefficient (Wildman–Crippen LogP) is 0.296. The van der Waals surface area contributed by atoms with Crippen LogP contribution in [0.4, 0.5) is 0 Å². The first-order valence-electron chi connectivity index (χ1n) is 3.79. The smallest absolute Gasteiger partial charge is 0.259 e. The van der Waals surface area contributed by atoms with E-state index in [4.69, 9.17) is 5.73 Å². The van der Waals surface area contributed by atoms with E-state index in [-0.39, 0.29) is 12.3 Å². The second-order valence-corrected chi connectivity index (χ2v) is 2.41. The summed E-state index contributed by atoms with van der Waals surface area (Å²) in [5.74, 6) is -0.320. The third-order valence-corrected chi connectivity index (χ3v) is 1.46. The monoisotopic (exact) mass is 178 g/mol. The molecule has 68 valence electrons. The molecule has 0 atom stereocenters. The van der Waals surface area contributed by atoms with E-state index in [1.165, 1.54) is 12.3 Å². The summed E-state index contributed by atoms with van der Waals surface area (Å²) in [4.78, 5) is 14.2. The highest BCUT2D eigenvalue weighted by Crippen LogP contribution is 2.12. The molecule has 0 fully saturated rings. The van der Waals surface area contributed by atoms with Crippen molar-refractivity contribution in [2.24, 2.45) is 10.7 Å². The number of nitrogens with zero attached hydrogens (tertiary/aromatic N) is 1. The molecule has 0 spiro atoms. The minimum Gasteiger partial charge on any atom is -0.507 e. The van der Waals surface area contributed by atoms with Crippen molar-refractivity contribution in [2.45, 2.75) is 0 Å². The first-order chi connectivity index (χ1) is 6.24. The van der Waals surface area contributed by atoms with Gasteiger partial charge in [-0.25, -0.2) is 4.99 Å². The number of aromatic hydroxyl groups is 1. The van der Waals surface area contributed by atoms with Crippen molar-refractivity contribution in [1.82, 2.24) is 0 Å². The van der Waals surface area contributed by atoms with E-state index in [2.05, 4.69) is 4.99 Å². The number of carbonyl (C=O) groups is 1. The lowest BCUT2D eigenvalue weighted by atomic mass is 10.2. The third kappa shape index (κ3) is 2.68. The summed E-state index contributed by atoms with van der Waals surface area (Å²) in [6.07, 6.45) is 1.30. The molecule has 0 aliphatic rings. The van der Waals surface area contributed by atoms with Gasteiger partial charge < -0.3 is 10.8 Å². The zero-order valence-corrected chi connectivity index (χ0v) is 6.97. The largest absolute Gasteiger partial charge is 0.507 e. The summed E-state index contributed by atoms with van der Waals surface area (Å²) in [5.41, 5.74) is 5.55. The molecule has 0 saturated carbocycles. The number of hydrogen-bond donors (Lipinski definition) is 2. The van der Waals surface area contributed by atoms with Gasteiger partial charge in [0.1, 0.15) is 5.75 Å². The lowest BCUT2D eigenvalue weighted by molar-refractivity contribution is -0.116. The van der Waals surface area contributed by atoms with Crippen LogP contribution in [0.5, 0.6) is 5.75 Å². The molecule has 0 radical (unpaired) electrons. The van der Waals surface area contributed by atoms with Gasteiger partial charge in [-0.3, -0.25) is 4.79 Å². The number of phenolic OH excluding ortho intramolecular Hbond substituents is 1. The van der Waals surface area contributed by atoms with E-state index in [0.717, 1.165) is 0 Å². The standard InChI is InChI=1S/C9H10N2O2/c10-5-9(13)11-6-7-3-1-2-4-8(7)12/h1-4,6,12H,5,10H2. The minimum atomic E-state index is -0.414. The van der Waals surface area contributed by atoms with Gasteiger partial charge in [0, 0.05) is 11.8 Å². The van der Waals surface area contributed by atoms with Gasteiger partial charge in [0.2, 0.25) is 0 Å². The zero-order chi connectivity index (χ0) is 9.68. The Balaban J connectivity index is 2.80. The molecule has 4 heteroatoms. The van der Waals surface area contributed by atoms with Gasteiger partial charge in [0.05, 0.1) is 6.54 Å². The minimum absolute atomic E-state index is 0.0936. The van der Waals surface area contributed by atoms with Crippen molar-refractivity contribution < 1.29 is 9.90 Å². The molecular weight excluding hydrogens is 168 g/mol. The number of hydrogen-bond acceptors (Lipinski definition) is 3. The normalized spacial score (nSPS) is 10.5. The van der Waals surface area contributed by atoms with E-state index < -0.39 is 5.91 Å². The molecule has 4 nitrogen and oxygen atoms in total. The maximum atomic E-state index is 10.7. The van der Waals surface area contributed by atoms with Gasteiger partial charge in [-0.15, -0.1) is 0 Å². The van der Waals surface area contributed by atoms with Crippen LogP contribution in [0.3, 0.4) is 0 Å². The van der Waals surface area contributed by atoms with Crippen LogP contribution in [-0.4, -0.2) is 23.8 Å². The molecule has 1 aromatic rings. The quantitative estimate of drug-likeness (QED) is 0.639. The number of carbonyl (C=O) groups excluding carboxylic acids is 1. The Morgan fingerprint density at radius 3 is 2.85 bits per heavy atom. The average Bonchev–Trinajstić information content (AvgIpc) is 2.16. The molecule has 0 saturated heterocycles. The van der Waals surface area contributed by atoms with Crippen LogP contribution in [0.1, 0.15) is 5.56 Å². The van der Waals surface area contributed by atoms with E-state index in [0.29, 0.717) is 5.56 Å². The van der Waals surface area contributed by atoms with Crippen LogP contribution >= 0.6 is 0 Å². The van der Waals surface area contributed by atoms with Crippen LogP contribution in [0.15, 0.2) is 29.3 Å². The lowest BCUT2D eigenvalue weighted by Gasteiger charge is -1.95. The fourth-order valence-corrected chi connectivity index (χ4v) is 0.791. The molecule has 1 rings (SSSR count). The van der Waals surface area contributed by atoms with Crippen LogP contribution in [0.2, 0.25) is 0 Å². The second kappa shape index (κ2) is 4.37. The SMILES string of the molecule is NCC(=O)N=Cc1ccccc1O. The molecule has 1 amide bonds. The van der Waals surface area contributed by atoms with Crippen molar-refractivity contribution in [2.75, 3.05) is 6.54 Å². The van der Waals surface area contributed by atoms with Gasteiger partial charge in [-0.1, -0.05) is 12.1 Å². The Morgan fingerprint density at radius 1 is 1.54 bits per heavy atom. The van der Waals surface area contributed by atoms with Crippen molar-refractivity contribution in [3.05, 3.63) is 29.8 Å². The Morgan fingerprint density at radius 2 is 2.23 bits per heavy atom. The summed E-state index contributed by atoms with van der Waals surface area (Å²) in [6, 6.07) is 6.61. The average molecular weight is 178 g/mol. The molecule has 13 heavy (non-hydrogen) atoms. The topological polar surface area (TPSA) is 75.7 Å². The summed E-state index contributed by atoms with van der Waals surface area (Å²) in [7, 11) is 0. The first kappa shape index (κ1) is 9.41. The van der Waals surface area contributed by atoms with Gasteiger partial charge in [0.15, 0.2) is 0 Å². The van der Waals surface area contributed by atoms with Gasteiger partial charge in [-0.05, 0) is 12.1 Å². The molecule has 0 heterocycles. The van der Waals surface area contributed by atoms with E-state index >= 15 is 0 Å². The maximum absolute atomic E-state index is 10.7. The Bertz CT molecular complexity index is 334. The first-order valence-corrected chi connectivity index (χ1v) is 3.79. The Hall–Kier alpha value is -1.68. The van der Waals surface area contributed by atoms with Gasteiger partial charge in [-0.2, -0.15) is 0 Å². The molecule has 0 aromatic heterocycles. The Labute approximate surface area is 75.7 Å².